The minimum Gasteiger partial charge on any atom is -0.340 e. The summed E-state index contributed by atoms with van der Waals surface area (Å²) in [7, 11) is 0. The van der Waals surface area contributed by atoms with E-state index in [1.54, 1.807) is 0 Å². The molecular weight excluding hydrogens is 370 g/mol. The molecule has 0 aromatic heterocycles. The van der Waals surface area contributed by atoms with E-state index in [1.807, 2.05) is 35.2 Å². The molecule has 0 saturated carbocycles. The maximum atomic E-state index is 12.7. The molecule has 5 nitrogen and oxygen atoms in total. The maximum absolute atomic E-state index is 12.7. The lowest BCUT2D eigenvalue weighted by Gasteiger charge is -2.35. The summed E-state index contributed by atoms with van der Waals surface area (Å²) in [6.07, 6.45) is 1.29. The minimum absolute atomic E-state index is 0.0708. The molecule has 1 unspecified atom stereocenters. The Morgan fingerprint density at radius 3 is 2.50 bits per heavy atom. The van der Waals surface area contributed by atoms with Crippen LogP contribution in [0.5, 0.6) is 0 Å². The number of nitrogens with one attached hydrogen (secondary N) is 1. The summed E-state index contributed by atoms with van der Waals surface area (Å²) in [6.45, 7) is 4.28. The molecule has 146 valence electrons. The number of anilines is 1. The van der Waals surface area contributed by atoms with Gasteiger partial charge in [0.1, 0.15) is 0 Å². The van der Waals surface area contributed by atoms with Crippen LogP contribution in [-0.4, -0.2) is 59.6 Å². The third kappa shape index (κ3) is 4.56. The Morgan fingerprint density at radius 1 is 1.00 bits per heavy atom. The number of para-hydroxylation sites is 1. The fraction of sp³-hybridized carbons (Fsp3) is 0.364. The molecule has 0 bridgehead atoms. The second-order valence-corrected chi connectivity index (χ2v) is 8.50. The second kappa shape index (κ2) is 8.80. The van der Waals surface area contributed by atoms with Gasteiger partial charge in [-0.15, -0.1) is 11.8 Å². The van der Waals surface area contributed by atoms with Crippen molar-refractivity contribution in [2.24, 2.45) is 0 Å². The smallest absolute Gasteiger partial charge is 0.238 e. The Bertz CT molecular complexity index is 835. The Kier molecular flexibility index (Phi) is 5.98. The highest BCUT2D eigenvalue weighted by Crippen LogP contribution is 2.36. The monoisotopic (exact) mass is 395 g/mol. The molecule has 4 rings (SSSR count). The van der Waals surface area contributed by atoms with Crippen LogP contribution in [0.1, 0.15) is 12.0 Å². The predicted octanol–water partition coefficient (Wildman–Crippen LogP) is 2.88. The van der Waals surface area contributed by atoms with Gasteiger partial charge in [-0.2, -0.15) is 0 Å². The van der Waals surface area contributed by atoms with Gasteiger partial charge in [0.15, 0.2) is 0 Å². The molecule has 1 saturated heterocycles. The number of carbonyl (C=O) groups excluding carboxylic acids is 2. The third-order valence-electron chi connectivity index (χ3n) is 5.35. The normalized spacial score (nSPS) is 19.8. The molecule has 1 N–H and O–H groups in total. The number of hydrogen-bond acceptors (Lipinski definition) is 4. The summed E-state index contributed by atoms with van der Waals surface area (Å²) in [4.78, 5) is 30.4. The molecule has 2 aromatic carbocycles. The van der Waals surface area contributed by atoms with E-state index in [2.05, 4.69) is 34.5 Å². The second-order valence-electron chi connectivity index (χ2n) is 7.25. The molecule has 2 aromatic rings. The molecule has 2 aliphatic rings. The average molecular weight is 396 g/mol. The lowest BCUT2D eigenvalue weighted by Crippen LogP contribution is -2.50. The number of rotatable bonds is 5. The molecule has 1 atom stereocenters. The van der Waals surface area contributed by atoms with E-state index in [4.69, 9.17) is 0 Å². The lowest BCUT2D eigenvalue weighted by atomic mass is 10.1. The van der Waals surface area contributed by atoms with E-state index in [1.165, 1.54) is 17.3 Å². The van der Waals surface area contributed by atoms with Crippen molar-refractivity contribution in [1.29, 1.82) is 0 Å². The van der Waals surface area contributed by atoms with E-state index in [-0.39, 0.29) is 23.5 Å². The van der Waals surface area contributed by atoms with Gasteiger partial charge in [0.2, 0.25) is 11.8 Å². The first-order chi connectivity index (χ1) is 13.7. The van der Waals surface area contributed by atoms with Crippen LogP contribution in [0.25, 0.3) is 0 Å². The Morgan fingerprint density at radius 2 is 1.71 bits per heavy atom. The van der Waals surface area contributed by atoms with Gasteiger partial charge in [0.25, 0.3) is 0 Å². The molecule has 0 spiro atoms. The van der Waals surface area contributed by atoms with Crippen molar-refractivity contribution in [3.05, 3.63) is 60.2 Å². The molecule has 1 fully saturated rings. The van der Waals surface area contributed by atoms with Gasteiger partial charge in [-0.25, -0.2) is 0 Å². The van der Waals surface area contributed by atoms with Crippen LogP contribution in [0, 0.1) is 0 Å². The summed E-state index contributed by atoms with van der Waals surface area (Å²) in [6, 6.07) is 18.2. The molecule has 0 radical (unpaired) electrons. The number of piperazine rings is 1. The van der Waals surface area contributed by atoms with Crippen LogP contribution in [0.15, 0.2) is 59.5 Å². The van der Waals surface area contributed by atoms with Crippen LogP contribution in [-0.2, 0) is 16.0 Å². The zero-order valence-corrected chi connectivity index (χ0v) is 16.7. The maximum Gasteiger partial charge on any atom is 0.238 e. The molecule has 0 aliphatic carbocycles. The van der Waals surface area contributed by atoms with Crippen molar-refractivity contribution >= 4 is 29.3 Å². The number of benzene rings is 2. The van der Waals surface area contributed by atoms with E-state index in [0.717, 1.165) is 49.7 Å². The minimum atomic E-state index is -0.349. The van der Waals surface area contributed by atoms with Crippen molar-refractivity contribution in [3.63, 3.8) is 0 Å². The number of amides is 2. The number of thioether (sulfide) groups is 1. The number of nitrogens with zero attached hydrogens (tertiary/aromatic N) is 2. The van der Waals surface area contributed by atoms with Crippen LogP contribution in [0.4, 0.5) is 5.69 Å². The number of hydrogen-bond donors (Lipinski definition) is 1. The summed E-state index contributed by atoms with van der Waals surface area (Å²) in [5.74, 6) is 0.00767. The topological polar surface area (TPSA) is 52.7 Å². The van der Waals surface area contributed by atoms with E-state index in [0.29, 0.717) is 0 Å². The number of carbonyl (C=O) groups is 2. The highest BCUT2D eigenvalue weighted by Gasteiger charge is 2.31. The van der Waals surface area contributed by atoms with E-state index in [9.17, 15) is 9.59 Å². The number of fused-ring (bicyclic) bond motifs is 1. The fourth-order valence-electron chi connectivity index (χ4n) is 3.67. The fourth-order valence-corrected chi connectivity index (χ4v) is 4.77. The van der Waals surface area contributed by atoms with Gasteiger partial charge in [-0.3, -0.25) is 14.5 Å². The lowest BCUT2D eigenvalue weighted by molar-refractivity contribution is -0.134. The van der Waals surface area contributed by atoms with E-state index >= 15 is 0 Å². The Hall–Kier alpha value is -2.31. The zero-order chi connectivity index (χ0) is 19.3. The van der Waals surface area contributed by atoms with Crippen molar-refractivity contribution in [2.45, 2.75) is 23.0 Å². The predicted molar refractivity (Wildman–Crippen MR) is 112 cm³/mol. The third-order valence-corrected chi connectivity index (χ3v) is 6.63. The van der Waals surface area contributed by atoms with E-state index < -0.39 is 0 Å². The Balaban J connectivity index is 1.25. The van der Waals surface area contributed by atoms with Crippen molar-refractivity contribution in [1.82, 2.24) is 9.80 Å². The summed E-state index contributed by atoms with van der Waals surface area (Å²) in [5.41, 5.74) is 2.19. The molecule has 2 amide bonds. The largest absolute Gasteiger partial charge is 0.340 e. The van der Waals surface area contributed by atoms with Gasteiger partial charge >= 0.3 is 0 Å². The van der Waals surface area contributed by atoms with Crippen molar-refractivity contribution < 1.29 is 9.59 Å². The van der Waals surface area contributed by atoms with Gasteiger partial charge in [-0.1, -0.05) is 42.5 Å². The summed E-state index contributed by atoms with van der Waals surface area (Å²) < 4.78 is 0. The standard InChI is InChI=1S/C22H25N3O2S/c26-21(16-20-22(27)23-18-8-4-5-9-19(18)28-20)25-14-12-24(13-15-25)11-10-17-6-2-1-3-7-17/h1-9,20H,10-16H2,(H,23,27). The highest BCUT2D eigenvalue weighted by molar-refractivity contribution is 8.01. The SMILES string of the molecule is O=C1Nc2ccccc2SC1CC(=O)N1CCN(CCc2ccccc2)CC1. The van der Waals surface area contributed by atoms with Gasteiger partial charge in [-0.05, 0) is 24.1 Å². The van der Waals surface area contributed by atoms with Crippen LogP contribution in [0.2, 0.25) is 0 Å². The Labute approximate surface area is 170 Å². The zero-order valence-electron chi connectivity index (χ0n) is 15.8. The molecule has 6 heteroatoms. The molecular formula is C22H25N3O2S. The first kappa shape index (κ1) is 19.0. The van der Waals surface area contributed by atoms with Crippen LogP contribution < -0.4 is 5.32 Å². The van der Waals surface area contributed by atoms with Gasteiger partial charge in [0.05, 0.1) is 10.9 Å². The van der Waals surface area contributed by atoms with Crippen molar-refractivity contribution in [3.8, 4) is 0 Å². The first-order valence-corrected chi connectivity index (χ1v) is 10.7. The van der Waals surface area contributed by atoms with Crippen LogP contribution in [0.3, 0.4) is 0 Å². The molecule has 2 aliphatic heterocycles. The van der Waals surface area contributed by atoms with Gasteiger partial charge in [0, 0.05) is 44.0 Å². The molecule has 28 heavy (non-hydrogen) atoms. The first-order valence-electron chi connectivity index (χ1n) is 9.79. The van der Waals surface area contributed by atoms with Crippen molar-refractivity contribution in [2.75, 3.05) is 38.0 Å². The molecule has 2 heterocycles. The van der Waals surface area contributed by atoms with Gasteiger partial charge < -0.3 is 10.2 Å². The van der Waals surface area contributed by atoms with Crippen LogP contribution >= 0.6 is 11.8 Å². The summed E-state index contributed by atoms with van der Waals surface area (Å²) in [5, 5.41) is 2.57. The summed E-state index contributed by atoms with van der Waals surface area (Å²) >= 11 is 1.49. The highest BCUT2D eigenvalue weighted by atomic mass is 32.2. The quantitative estimate of drug-likeness (QED) is 0.846. The average Bonchev–Trinajstić information content (AvgIpc) is 2.74.